The van der Waals surface area contributed by atoms with Crippen molar-refractivity contribution < 1.29 is 28.6 Å². The molecular weight excluding hydrogens is 494 g/mol. The number of fused-ring (bicyclic) bond motifs is 1. The van der Waals surface area contributed by atoms with E-state index in [0.29, 0.717) is 27.2 Å². The number of aliphatic hydroxyl groups is 1. The number of hydrogen-bond donors (Lipinski definition) is 1. The number of nitrogens with zero attached hydrogens (tertiary/aromatic N) is 1. The van der Waals surface area contributed by atoms with E-state index in [1.807, 2.05) is 19.9 Å². The molecule has 5 rings (SSSR count). The molecule has 0 spiro atoms. The molecular formula is C29H22ClNO6. The molecule has 0 radical (unpaired) electrons. The van der Waals surface area contributed by atoms with Crippen LogP contribution >= 0.6 is 11.6 Å². The van der Waals surface area contributed by atoms with Crippen LogP contribution in [0.3, 0.4) is 0 Å². The van der Waals surface area contributed by atoms with E-state index in [9.17, 15) is 19.5 Å². The molecule has 0 aliphatic carbocycles. The van der Waals surface area contributed by atoms with Gasteiger partial charge in [-0.1, -0.05) is 29.8 Å². The minimum atomic E-state index is -1.01. The Morgan fingerprint density at radius 2 is 1.73 bits per heavy atom. The summed E-state index contributed by atoms with van der Waals surface area (Å²) in [5.41, 5.74) is 3.09. The molecule has 8 heteroatoms. The van der Waals surface area contributed by atoms with Crippen molar-refractivity contribution >= 4 is 45.9 Å². The van der Waals surface area contributed by atoms with Crippen molar-refractivity contribution in [3.8, 4) is 5.75 Å². The number of Topliss-reactive ketones (excluding diaryl/α,β-unsaturated/α-hetero) is 1. The predicted molar refractivity (Wildman–Crippen MR) is 139 cm³/mol. The van der Waals surface area contributed by atoms with Crippen molar-refractivity contribution in [2.24, 2.45) is 0 Å². The van der Waals surface area contributed by atoms with Crippen LogP contribution in [0.2, 0.25) is 5.02 Å². The van der Waals surface area contributed by atoms with Gasteiger partial charge in [-0.25, -0.2) is 0 Å². The lowest BCUT2D eigenvalue weighted by Crippen LogP contribution is -2.31. The van der Waals surface area contributed by atoms with E-state index in [-0.39, 0.29) is 17.1 Å². The summed E-state index contributed by atoms with van der Waals surface area (Å²) in [6.45, 7) is 5.07. The van der Waals surface area contributed by atoms with E-state index in [1.165, 1.54) is 17.9 Å². The number of carbonyl (C=O) groups excluding carboxylic acids is 3. The van der Waals surface area contributed by atoms with Crippen LogP contribution in [0.15, 0.2) is 82.5 Å². The van der Waals surface area contributed by atoms with Gasteiger partial charge in [-0.3, -0.25) is 19.3 Å². The molecule has 7 nitrogen and oxygen atoms in total. The molecule has 0 bridgehead atoms. The second kappa shape index (κ2) is 9.26. The number of aliphatic hydroxyl groups excluding tert-OH is 1. The van der Waals surface area contributed by atoms with E-state index in [1.54, 1.807) is 54.6 Å². The molecule has 1 atom stereocenters. The second-order valence-corrected chi connectivity index (χ2v) is 9.41. The number of esters is 1. The minimum absolute atomic E-state index is 0.0463. The molecule has 1 unspecified atom stereocenters. The highest BCUT2D eigenvalue weighted by molar-refractivity contribution is 6.31. The summed E-state index contributed by atoms with van der Waals surface area (Å²) in [7, 11) is 0. The number of carbonyl (C=O) groups is 3. The van der Waals surface area contributed by atoms with Crippen LogP contribution in [-0.2, 0) is 9.59 Å². The molecule has 4 aromatic rings. The van der Waals surface area contributed by atoms with E-state index in [2.05, 4.69) is 0 Å². The zero-order valence-corrected chi connectivity index (χ0v) is 21.0. The Labute approximate surface area is 217 Å². The minimum Gasteiger partial charge on any atom is -0.503 e. The lowest BCUT2D eigenvalue weighted by molar-refractivity contribution is -0.131. The summed E-state index contributed by atoms with van der Waals surface area (Å²) in [4.78, 5) is 40.2. The van der Waals surface area contributed by atoms with Crippen molar-refractivity contribution in [2.75, 3.05) is 4.90 Å². The molecule has 1 aliphatic rings. The molecule has 3 aromatic carbocycles. The first-order chi connectivity index (χ1) is 17.6. The van der Waals surface area contributed by atoms with Crippen molar-refractivity contribution in [3.05, 3.63) is 106 Å². The summed E-state index contributed by atoms with van der Waals surface area (Å²) < 4.78 is 11.0. The predicted octanol–water partition coefficient (Wildman–Crippen LogP) is 6.41. The summed E-state index contributed by atoms with van der Waals surface area (Å²) in [5, 5.41) is 12.1. The van der Waals surface area contributed by atoms with E-state index in [4.69, 9.17) is 20.8 Å². The van der Waals surface area contributed by atoms with E-state index in [0.717, 1.165) is 11.1 Å². The lowest BCUT2D eigenvalue weighted by Gasteiger charge is -2.27. The quantitative estimate of drug-likeness (QED) is 0.187. The van der Waals surface area contributed by atoms with Crippen LogP contribution in [0.25, 0.3) is 11.0 Å². The highest BCUT2D eigenvalue weighted by Gasteiger charge is 2.45. The van der Waals surface area contributed by atoms with Crippen LogP contribution < -0.4 is 9.64 Å². The van der Waals surface area contributed by atoms with Gasteiger partial charge in [0.25, 0.3) is 5.91 Å². The van der Waals surface area contributed by atoms with Crippen molar-refractivity contribution in [1.82, 2.24) is 0 Å². The van der Waals surface area contributed by atoms with Gasteiger partial charge in [0.05, 0.1) is 11.6 Å². The van der Waals surface area contributed by atoms with Gasteiger partial charge >= 0.3 is 5.97 Å². The number of hydrogen-bond acceptors (Lipinski definition) is 6. The van der Waals surface area contributed by atoms with Crippen molar-refractivity contribution in [1.29, 1.82) is 0 Å². The Kier molecular flexibility index (Phi) is 6.09. The van der Waals surface area contributed by atoms with E-state index >= 15 is 0 Å². The third-order valence-corrected chi connectivity index (χ3v) is 6.31. The maximum atomic E-state index is 13.8. The molecule has 0 saturated carbocycles. The number of halogens is 1. The van der Waals surface area contributed by atoms with Gasteiger partial charge in [-0.05, 0) is 79.1 Å². The maximum Gasteiger partial charge on any atom is 0.308 e. The number of ketones is 1. The van der Waals surface area contributed by atoms with Gasteiger partial charge in [-0.15, -0.1) is 0 Å². The molecule has 0 saturated heterocycles. The monoisotopic (exact) mass is 515 g/mol. The average molecular weight is 516 g/mol. The number of amides is 1. The average Bonchev–Trinajstić information content (AvgIpc) is 3.36. The lowest BCUT2D eigenvalue weighted by atomic mass is 9.94. The standard InChI is InChI=1S/C29H22ClNO6/c1-15-9-16(2)11-21(10-15)31-26(18-5-4-6-22(13-18)36-17(3)32)25(28(34)29(31)35)27(33)24-14-19-12-20(30)7-8-23(19)37-24/h4-14,26,34H,1-3H3. The molecule has 2 heterocycles. The Morgan fingerprint density at radius 1 is 1.00 bits per heavy atom. The first-order valence-corrected chi connectivity index (χ1v) is 11.9. The highest BCUT2D eigenvalue weighted by atomic mass is 35.5. The normalized spacial score (nSPS) is 15.5. The summed E-state index contributed by atoms with van der Waals surface area (Å²) in [6, 6.07) is 17.5. The highest BCUT2D eigenvalue weighted by Crippen LogP contribution is 2.43. The largest absolute Gasteiger partial charge is 0.503 e. The van der Waals surface area contributed by atoms with Crippen LogP contribution in [0, 0.1) is 13.8 Å². The fraction of sp³-hybridized carbons (Fsp3) is 0.138. The van der Waals surface area contributed by atoms with Crippen LogP contribution in [0.1, 0.15) is 40.2 Å². The fourth-order valence-electron chi connectivity index (χ4n) is 4.68. The molecule has 186 valence electrons. The van der Waals surface area contributed by atoms with Crippen molar-refractivity contribution in [3.63, 3.8) is 0 Å². The summed E-state index contributed by atoms with van der Waals surface area (Å²) in [6.07, 6.45) is 0. The first-order valence-electron chi connectivity index (χ1n) is 11.5. The van der Waals surface area contributed by atoms with Crippen LogP contribution in [0.4, 0.5) is 5.69 Å². The Bertz CT molecular complexity index is 1610. The number of rotatable bonds is 5. The fourth-order valence-corrected chi connectivity index (χ4v) is 4.86. The third kappa shape index (κ3) is 4.49. The molecule has 0 fully saturated rings. The second-order valence-electron chi connectivity index (χ2n) is 8.97. The van der Waals surface area contributed by atoms with Gasteiger partial charge in [0.1, 0.15) is 11.3 Å². The molecule has 1 aliphatic heterocycles. The Morgan fingerprint density at radius 3 is 2.43 bits per heavy atom. The van der Waals surface area contributed by atoms with E-state index < -0.39 is 29.5 Å². The van der Waals surface area contributed by atoms with Crippen LogP contribution in [0.5, 0.6) is 5.75 Å². The zero-order chi connectivity index (χ0) is 26.4. The molecule has 1 N–H and O–H groups in total. The van der Waals surface area contributed by atoms with Gasteiger partial charge in [0, 0.05) is 23.0 Å². The van der Waals surface area contributed by atoms with Gasteiger partial charge < -0.3 is 14.3 Å². The number of benzene rings is 3. The molecule has 1 aromatic heterocycles. The van der Waals surface area contributed by atoms with Gasteiger partial charge in [-0.2, -0.15) is 0 Å². The maximum absolute atomic E-state index is 13.8. The molecule has 37 heavy (non-hydrogen) atoms. The van der Waals surface area contributed by atoms with Gasteiger partial charge in [0.2, 0.25) is 5.78 Å². The number of furan rings is 1. The smallest absolute Gasteiger partial charge is 0.308 e. The zero-order valence-electron chi connectivity index (χ0n) is 20.2. The number of ether oxygens (including phenoxy) is 1. The first kappa shape index (κ1) is 24.3. The third-order valence-electron chi connectivity index (χ3n) is 6.07. The number of anilines is 1. The number of aryl methyl sites for hydroxylation is 2. The SMILES string of the molecule is CC(=O)Oc1cccc(C2C(C(=O)c3cc4cc(Cl)ccc4o3)=C(O)C(=O)N2c2cc(C)cc(C)c2)c1. The Hall–Kier alpha value is -4.36. The topological polar surface area (TPSA) is 97.0 Å². The van der Waals surface area contributed by atoms with Crippen LogP contribution in [-0.4, -0.2) is 22.8 Å². The summed E-state index contributed by atoms with van der Waals surface area (Å²) in [5.74, 6) is -2.36. The molecule has 1 amide bonds. The Balaban J connectivity index is 1.68. The summed E-state index contributed by atoms with van der Waals surface area (Å²) >= 11 is 6.08. The van der Waals surface area contributed by atoms with Crippen molar-refractivity contribution in [2.45, 2.75) is 26.8 Å². The van der Waals surface area contributed by atoms with Gasteiger partial charge in [0.15, 0.2) is 11.5 Å².